The molecule has 13 aromatic rings. The van der Waals surface area contributed by atoms with Gasteiger partial charge < -0.3 is 34.6 Å². The summed E-state index contributed by atoms with van der Waals surface area (Å²) in [6.07, 6.45) is 16.5. The third kappa shape index (κ3) is 17.4. The summed E-state index contributed by atoms with van der Waals surface area (Å²) in [7, 11) is 0. The lowest BCUT2D eigenvalue weighted by molar-refractivity contribution is -0.176. The molecule has 9 aliphatic rings. The molecule has 0 radical (unpaired) electrons. The van der Waals surface area contributed by atoms with Crippen LogP contribution in [0.3, 0.4) is 0 Å². The second kappa shape index (κ2) is 35.8. The zero-order valence-corrected chi connectivity index (χ0v) is 68.8. The predicted molar refractivity (Wildman–Crippen MR) is 485 cm³/mol. The van der Waals surface area contributed by atoms with Gasteiger partial charge in [0.2, 0.25) is 5.88 Å². The van der Waals surface area contributed by atoms with Crippen LogP contribution < -0.4 is 70.1 Å². The lowest BCUT2D eigenvalue weighted by atomic mass is 9.97. The van der Waals surface area contributed by atoms with Crippen LogP contribution in [0.5, 0.6) is 5.88 Å². The van der Waals surface area contributed by atoms with Crippen molar-refractivity contribution in [2.24, 2.45) is 5.92 Å². The van der Waals surface area contributed by atoms with Gasteiger partial charge in [-0.25, -0.2) is 49.1 Å². The molecule has 0 spiro atoms. The Morgan fingerprint density at radius 3 is 1.44 bits per heavy atom. The van der Waals surface area contributed by atoms with Gasteiger partial charge in [0.15, 0.2) is 29.1 Å². The zero-order valence-electron chi connectivity index (χ0n) is 68.8. The van der Waals surface area contributed by atoms with Gasteiger partial charge in [-0.1, -0.05) is 27.0 Å². The van der Waals surface area contributed by atoms with Crippen molar-refractivity contribution in [3.05, 3.63) is 206 Å². The number of fused-ring (bicyclic) bond motifs is 18. The van der Waals surface area contributed by atoms with Crippen molar-refractivity contribution >= 4 is 121 Å². The van der Waals surface area contributed by atoms with E-state index in [1.807, 2.05) is 124 Å². The van der Waals surface area contributed by atoms with Crippen LogP contribution in [0.2, 0.25) is 0 Å². The number of halogens is 3. The van der Waals surface area contributed by atoms with Crippen molar-refractivity contribution < 1.29 is 37.1 Å². The molecule has 1 aromatic carbocycles. The molecule has 5 saturated heterocycles. The monoisotopic (exact) mass is 1720 g/mol. The highest BCUT2D eigenvalue weighted by Crippen LogP contribution is 2.46. The van der Waals surface area contributed by atoms with E-state index in [0.29, 0.717) is 89.7 Å². The minimum absolute atomic E-state index is 0. The molecule has 5 atom stereocenters. The Balaban J connectivity index is 0.000000119. The molecule has 22 rings (SSSR count). The van der Waals surface area contributed by atoms with Crippen LogP contribution in [0.1, 0.15) is 77.4 Å². The maximum Gasteiger partial charge on any atom is 0.393 e. The molecule has 9 aliphatic heterocycles. The summed E-state index contributed by atoms with van der Waals surface area (Å²) in [5.74, 6) is 3.29. The number of amides is 8. The Bertz CT molecular complexity index is 6270. The summed E-state index contributed by atoms with van der Waals surface area (Å²) in [5, 5.41) is 19.5. The molecule has 0 aliphatic carbocycles. The number of carbonyl (C=O) groups excluding carboxylic acids is 4. The van der Waals surface area contributed by atoms with E-state index in [9.17, 15) is 32.3 Å². The van der Waals surface area contributed by atoms with E-state index < -0.39 is 12.1 Å². The lowest BCUT2D eigenvalue weighted by Gasteiger charge is -2.38. The second-order valence-electron chi connectivity index (χ2n) is 31.9. The van der Waals surface area contributed by atoms with E-state index in [1.165, 1.54) is 12.4 Å². The van der Waals surface area contributed by atoms with Crippen molar-refractivity contribution in [3.8, 4) is 39.7 Å². The van der Waals surface area contributed by atoms with E-state index in [1.54, 1.807) is 93.4 Å². The number of carbonyl (C=O) groups is 4. The highest BCUT2D eigenvalue weighted by Gasteiger charge is 2.47. The number of rotatable bonds is 10. The van der Waals surface area contributed by atoms with Crippen LogP contribution in [0.4, 0.5) is 107 Å². The number of aromatic amines is 1. The number of aryl methyl sites for hydroxylation is 3. The molecule has 5 N–H and O–H groups in total. The quantitative estimate of drug-likeness (QED) is 0.0849. The number of hydrogen-bond acceptors (Lipinski definition) is 24. The number of urea groups is 4. The standard InChI is InChI=1S/C24H21N7O.C22H20N8O.C22H23N7O2.C21H23F3N6O.2CH4/c1-15-13-16(7-9-25-15)18-5-6-21-23(28-18)31(17-8-12-30(21)14-17)24(32)29-20-4-2-3-19-22(20)27-11-10-26-19;1-13-8-14(4-6-23-13)17-2-3-19-21(26-17)30(16-5-7-29(19)12-16)22(31)27-20-9-15-10-25-28-18(15)11-24-20;1-3-31-20-12-23-11-19(26-20)27-22(30)29-16-7-9-28(13-16)18-5-4-17(25-21(18)29)15-6-8-24-14(2)10-15;22-21(23,24)14-4-3-10-29(12-14)18-7-6-16-19(27-18)30(15-8-11-28(16)13-15)20(31)26-17-5-1-2-9-25-17;;/h2-7,9-11,13,17H,8,12,14H2,1H3,(H,29,32);2-4,6,8-11,16H,5,7,12H2,1H3,(H,25,28)(H,24,27,31);4-6,8,10-12,16H,3,7,9,13H2,1-2H3,(H,26,27,30);1-2,5-7,9,14-15H,3-4,8,10-13H2,(H,25,26,31);2*1H4/t;2*16-;14-,15-;;/m.000../s1. The van der Waals surface area contributed by atoms with E-state index in [0.717, 1.165) is 162 Å². The van der Waals surface area contributed by atoms with E-state index in [-0.39, 0.29) is 76.1 Å². The molecular weight excluding hydrogens is 1620 g/mol. The van der Waals surface area contributed by atoms with Gasteiger partial charge in [-0.15, -0.1) is 0 Å². The summed E-state index contributed by atoms with van der Waals surface area (Å²) >= 11 is 0. The molecule has 33 nitrogen and oxygen atoms in total. The number of pyridine rings is 9. The minimum atomic E-state index is -4.22. The normalized spacial score (nSPS) is 18.1. The Labute approximate surface area is 730 Å². The largest absolute Gasteiger partial charge is 0.477 e. The van der Waals surface area contributed by atoms with Crippen molar-refractivity contribution in [2.75, 3.05) is 137 Å². The SMILES string of the molecule is C.C.CCOc1cncc(NC(=O)N2c3nc(-c4ccnc(C)c4)ccc3N3CC[C@H]2C3)n1.Cc1cc(-c2ccc3c(n2)N(C(=O)Nc2cc4cn[nH]c4cn2)[C@H]2CCN3C2)ccn1.Cc1cc(-c2ccc3c(n2)N(C(=O)Nc2cccc4nccnc24)C2CCN3C2)ccn1.O=C(Nc1ccccn1)N1c2nc(N3CCC[C@H](C(F)(F)F)C3)ccc2N2CC[C@H]1C2. The average molecular weight is 1720 g/mol. The number of hydrogen-bond donors (Lipinski definition) is 5. The van der Waals surface area contributed by atoms with Crippen LogP contribution in [0.25, 0.3) is 55.7 Å². The fourth-order valence-electron chi connectivity index (χ4n) is 17.9. The number of ether oxygens (including phenoxy) is 1. The molecule has 1 unspecified atom stereocenters. The maximum absolute atomic E-state index is 13.6. The number of benzene rings is 1. The summed E-state index contributed by atoms with van der Waals surface area (Å²) in [5.41, 5.74) is 14.8. The topological polar surface area (TPSA) is 351 Å². The van der Waals surface area contributed by atoms with Gasteiger partial charge in [-0.2, -0.15) is 23.3 Å². The summed E-state index contributed by atoms with van der Waals surface area (Å²) in [6, 6.07) is 39.5. The Hall–Kier alpha value is -14.9. The Morgan fingerprint density at radius 1 is 0.441 bits per heavy atom. The first kappa shape index (κ1) is 84.3. The first-order valence-electron chi connectivity index (χ1n) is 41.8. The van der Waals surface area contributed by atoms with Crippen molar-refractivity contribution in [1.82, 2.24) is 75.0 Å². The molecule has 8 amide bonds. The second-order valence-corrected chi connectivity index (χ2v) is 31.9. The van der Waals surface area contributed by atoms with E-state index in [2.05, 4.69) is 108 Å². The fourth-order valence-corrected chi connectivity index (χ4v) is 17.9. The molecule has 12 aromatic heterocycles. The number of piperidine rings is 1. The Kier molecular flexibility index (Phi) is 23.8. The smallest absolute Gasteiger partial charge is 0.393 e. The van der Waals surface area contributed by atoms with Crippen molar-refractivity contribution in [3.63, 3.8) is 0 Å². The molecular formula is C91H95F3N28O5. The van der Waals surface area contributed by atoms with Gasteiger partial charge in [0, 0.05) is 142 Å². The van der Waals surface area contributed by atoms with E-state index in [4.69, 9.17) is 24.7 Å². The molecule has 127 heavy (non-hydrogen) atoms. The third-order valence-corrected chi connectivity index (χ3v) is 23.8. The third-order valence-electron chi connectivity index (χ3n) is 23.8. The van der Waals surface area contributed by atoms with Crippen LogP contribution >= 0.6 is 0 Å². The maximum atomic E-state index is 13.6. The highest BCUT2D eigenvalue weighted by molar-refractivity contribution is 6.09. The first-order valence-corrected chi connectivity index (χ1v) is 41.8. The molecule has 36 heteroatoms. The number of para-hydroxylation sites is 1. The van der Waals surface area contributed by atoms with Crippen LogP contribution in [0.15, 0.2) is 189 Å². The number of nitrogens with one attached hydrogen (secondary N) is 5. The van der Waals surface area contributed by atoms with Crippen LogP contribution in [-0.2, 0) is 0 Å². The highest BCUT2D eigenvalue weighted by atomic mass is 19.4. The molecule has 8 bridgehead atoms. The number of anilines is 13. The van der Waals surface area contributed by atoms with Crippen molar-refractivity contribution in [2.45, 2.75) is 111 Å². The lowest BCUT2D eigenvalue weighted by Crippen LogP contribution is -2.48. The van der Waals surface area contributed by atoms with Gasteiger partial charge in [0.1, 0.15) is 23.0 Å². The number of H-pyrrole nitrogens is 1. The van der Waals surface area contributed by atoms with E-state index >= 15 is 0 Å². The van der Waals surface area contributed by atoms with Crippen LogP contribution in [-0.4, -0.2) is 202 Å². The predicted octanol–water partition coefficient (Wildman–Crippen LogP) is 15.8. The average Bonchev–Trinajstić information content (AvgIpc) is 1.66. The van der Waals surface area contributed by atoms with Gasteiger partial charge in [0.25, 0.3) is 0 Å². The van der Waals surface area contributed by atoms with Gasteiger partial charge in [0.05, 0.1) is 118 Å². The minimum Gasteiger partial charge on any atom is -0.477 e. The van der Waals surface area contributed by atoms with Crippen LogP contribution in [0, 0.1) is 26.7 Å². The van der Waals surface area contributed by atoms with Gasteiger partial charge in [-0.05, 0) is 181 Å². The molecule has 5 fully saturated rings. The fraction of sp³-hybridized carbons (Fsp3) is 0.319. The first-order chi connectivity index (χ1) is 60.8. The van der Waals surface area contributed by atoms with Gasteiger partial charge >= 0.3 is 30.3 Å². The summed E-state index contributed by atoms with van der Waals surface area (Å²) < 4.78 is 45.2. The van der Waals surface area contributed by atoms with Gasteiger partial charge in [-0.3, -0.25) is 70.6 Å². The summed E-state index contributed by atoms with van der Waals surface area (Å²) in [6.45, 7) is 15.3. The number of nitrogens with zero attached hydrogens (tertiary/aromatic N) is 23. The van der Waals surface area contributed by atoms with Crippen molar-refractivity contribution in [1.29, 1.82) is 0 Å². The Morgan fingerprint density at radius 2 is 0.937 bits per heavy atom. The molecule has 650 valence electrons. The zero-order chi connectivity index (χ0) is 85.6. The summed E-state index contributed by atoms with van der Waals surface area (Å²) in [4.78, 5) is 129. The number of aromatic nitrogens is 15. The number of alkyl halides is 3. The molecule has 0 saturated carbocycles. The molecule has 21 heterocycles.